The van der Waals surface area contributed by atoms with Gasteiger partial charge in [0.05, 0.1) is 23.6 Å². The van der Waals surface area contributed by atoms with Crippen LogP contribution in [-0.4, -0.2) is 31.2 Å². The van der Waals surface area contributed by atoms with Gasteiger partial charge in [-0.15, -0.1) is 11.3 Å². The Balaban J connectivity index is 1.51. The average molecular weight is 503 g/mol. The van der Waals surface area contributed by atoms with Crippen LogP contribution < -0.4 is 16.2 Å². The van der Waals surface area contributed by atoms with E-state index in [0.29, 0.717) is 11.4 Å². The Hall–Kier alpha value is -3.80. The van der Waals surface area contributed by atoms with E-state index in [1.54, 1.807) is 60.4 Å². The molecule has 3 aromatic heterocycles. The van der Waals surface area contributed by atoms with Crippen LogP contribution in [0.3, 0.4) is 0 Å². The van der Waals surface area contributed by atoms with Gasteiger partial charge in [0.15, 0.2) is 6.04 Å². The van der Waals surface area contributed by atoms with E-state index in [9.17, 15) is 22.8 Å². The molecule has 0 aliphatic carbocycles. The van der Waals surface area contributed by atoms with Crippen LogP contribution in [0.2, 0.25) is 0 Å². The van der Waals surface area contributed by atoms with Crippen molar-refractivity contribution in [1.82, 2.24) is 19.1 Å². The maximum Gasteiger partial charge on any atom is 0.410 e. The lowest BCUT2D eigenvalue weighted by Gasteiger charge is -2.33. The van der Waals surface area contributed by atoms with Crippen molar-refractivity contribution >= 4 is 28.7 Å². The van der Waals surface area contributed by atoms with Gasteiger partial charge in [-0.2, -0.15) is 18.3 Å². The Morgan fingerprint density at radius 2 is 1.94 bits per heavy atom. The fourth-order valence-corrected chi connectivity index (χ4v) is 5.09. The van der Waals surface area contributed by atoms with Gasteiger partial charge in [0, 0.05) is 18.3 Å². The zero-order valence-corrected chi connectivity index (χ0v) is 19.5. The minimum absolute atomic E-state index is 0.0357. The number of carbonyl (C=O) groups is 1. The molecule has 1 aliphatic heterocycles. The molecule has 1 amide bonds. The number of para-hydroxylation sites is 1. The zero-order chi connectivity index (χ0) is 24.9. The van der Waals surface area contributed by atoms with Gasteiger partial charge in [-0.3, -0.25) is 14.3 Å². The number of aromatic nitrogens is 4. The molecule has 0 bridgehead atoms. The second-order valence-electron chi connectivity index (χ2n) is 8.25. The standard InChI is InChI=1S/C23H21F3N6O2S/c1-13-19(22(34)32(30(13)2)14-7-4-3-5-8-14)29-21(33)15-12-27-31-18(23(24,25)26)11-16(28-20(15)31)17-9-6-10-35-17/h3-10,12,16,18,28H,11H2,1-2H3,(H,29,33)/t16-,18-/m0/s1. The van der Waals surface area contributed by atoms with Crippen LogP contribution in [0, 0.1) is 6.92 Å². The molecule has 2 N–H and O–H groups in total. The predicted molar refractivity (Wildman–Crippen MR) is 126 cm³/mol. The van der Waals surface area contributed by atoms with E-state index < -0.39 is 29.7 Å². The quantitative estimate of drug-likeness (QED) is 0.425. The van der Waals surface area contributed by atoms with Crippen LogP contribution in [0.1, 0.15) is 39.4 Å². The number of fused-ring (bicyclic) bond motifs is 1. The molecule has 4 aromatic rings. The number of nitrogens with one attached hydrogen (secondary N) is 2. The molecule has 0 saturated carbocycles. The van der Waals surface area contributed by atoms with E-state index in [1.807, 2.05) is 6.07 Å². The summed E-state index contributed by atoms with van der Waals surface area (Å²) >= 11 is 1.34. The highest BCUT2D eigenvalue weighted by atomic mass is 32.1. The lowest BCUT2D eigenvalue weighted by Crippen LogP contribution is -2.36. The zero-order valence-electron chi connectivity index (χ0n) is 18.7. The van der Waals surface area contributed by atoms with Gasteiger partial charge in [-0.25, -0.2) is 9.36 Å². The predicted octanol–water partition coefficient (Wildman–Crippen LogP) is 4.66. The highest BCUT2D eigenvalue weighted by molar-refractivity contribution is 7.10. The molecule has 182 valence electrons. The Morgan fingerprint density at radius 3 is 2.60 bits per heavy atom. The molecule has 35 heavy (non-hydrogen) atoms. The van der Waals surface area contributed by atoms with E-state index >= 15 is 0 Å². The Bertz CT molecular complexity index is 1440. The third-order valence-electron chi connectivity index (χ3n) is 6.16. The highest BCUT2D eigenvalue weighted by Crippen LogP contribution is 2.45. The van der Waals surface area contributed by atoms with Crippen LogP contribution in [-0.2, 0) is 7.05 Å². The SMILES string of the molecule is Cc1c(NC(=O)c2cnn3c2N[C@H](c2cccs2)C[C@H]3C(F)(F)F)c(=O)n(-c2ccccc2)n1C. The Labute approximate surface area is 201 Å². The van der Waals surface area contributed by atoms with Crippen molar-refractivity contribution < 1.29 is 18.0 Å². The Morgan fingerprint density at radius 1 is 1.20 bits per heavy atom. The second kappa shape index (κ2) is 8.45. The molecule has 0 unspecified atom stereocenters. The Kier molecular flexibility index (Phi) is 5.55. The van der Waals surface area contributed by atoms with E-state index in [4.69, 9.17) is 0 Å². The van der Waals surface area contributed by atoms with Crippen molar-refractivity contribution in [2.24, 2.45) is 7.05 Å². The maximum atomic E-state index is 13.9. The second-order valence-corrected chi connectivity index (χ2v) is 9.23. The molecular formula is C23H21F3N6O2S. The first-order valence-corrected chi connectivity index (χ1v) is 11.6. The van der Waals surface area contributed by atoms with Gasteiger partial charge in [0.1, 0.15) is 17.1 Å². The smallest absolute Gasteiger partial charge is 0.362 e. The van der Waals surface area contributed by atoms with Gasteiger partial charge in [-0.1, -0.05) is 24.3 Å². The lowest BCUT2D eigenvalue weighted by molar-refractivity contribution is -0.173. The average Bonchev–Trinajstić information content (AvgIpc) is 3.55. The minimum Gasteiger partial charge on any atom is -0.362 e. The highest BCUT2D eigenvalue weighted by Gasteiger charge is 2.47. The summed E-state index contributed by atoms with van der Waals surface area (Å²) in [5.41, 5.74) is 0.614. The topological polar surface area (TPSA) is 85.9 Å². The summed E-state index contributed by atoms with van der Waals surface area (Å²) < 4.78 is 45.4. The fraction of sp³-hybridized carbons (Fsp3) is 0.261. The number of carbonyl (C=O) groups excluding carboxylic acids is 1. The van der Waals surface area contributed by atoms with Gasteiger partial charge in [-0.05, 0) is 30.5 Å². The fourth-order valence-electron chi connectivity index (χ4n) is 4.30. The molecule has 0 spiro atoms. The molecule has 12 heteroatoms. The summed E-state index contributed by atoms with van der Waals surface area (Å²) in [6.07, 6.45) is -3.70. The number of anilines is 2. The van der Waals surface area contributed by atoms with E-state index in [0.717, 1.165) is 15.8 Å². The summed E-state index contributed by atoms with van der Waals surface area (Å²) in [6.45, 7) is 1.68. The van der Waals surface area contributed by atoms with E-state index in [-0.39, 0.29) is 23.5 Å². The number of alkyl halides is 3. The summed E-state index contributed by atoms with van der Waals surface area (Å²) in [5, 5.41) is 11.3. The largest absolute Gasteiger partial charge is 0.410 e. The summed E-state index contributed by atoms with van der Waals surface area (Å²) in [5.74, 6) is -0.760. The number of amides is 1. The molecule has 0 fully saturated rings. The molecule has 2 atom stereocenters. The minimum atomic E-state index is -4.55. The maximum absolute atomic E-state index is 13.9. The number of halogens is 3. The third-order valence-corrected chi connectivity index (χ3v) is 7.15. The number of thiophene rings is 1. The summed E-state index contributed by atoms with van der Waals surface area (Å²) in [7, 11) is 1.68. The molecule has 1 aliphatic rings. The molecular weight excluding hydrogens is 481 g/mol. The summed E-state index contributed by atoms with van der Waals surface area (Å²) in [4.78, 5) is 27.1. The molecule has 5 rings (SSSR count). The van der Waals surface area contributed by atoms with E-state index in [2.05, 4.69) is 15.7 Å². The van der Waals surface area contributed by atoms with Crippen molar-refractivity contribution in [1.29, 1.82) is 0 Å². The monoisotopic (exact) mass is 502 g/mol. The number of rotatable bonds is 4. The first kappa shape index (κ1) is 23.0. The number of benzene rings is 1. The van der Waals surface area contributed by atoms with Crippen molar-refractivity contribution in [2.45, 2.75) is 31.6 Å². The molecule has 0 saturated heterocycles. The van der Waals surface area contributed by atoms with Crippen LogP contribution in [0.25, 0.3) is 5.69 Å². The summed E-state index contributed by atoms with van der Waals surface area (Å²) in [6, 6.07) is 9.90. The lowest BCUT2D eigenvalue weighted by atomic mass is 10.0. The molecule has 0 radical (unpaired) electrons. The van der Waals surface area contributed by atoms with Crippen molar-refractivity contribution in [2.75, 3.05) is 10.6 Å². The van der Waals surface area contributed by atoms with Crippen LogP contribution in [0.5, 0.6) is 0 Å². The number of hydrogen-bond donors (Lipinski definition) is 2. The van der Waals surface area contributed by atoms with Crippen molar-refractivity contribution in [3.8, 4) is 5.69 Å². The molecule has 4 heterocycles. The van der Waals surface area contributed by atoms with Crippen LogP contribution >= 0.6 is 11.3 Å². The normalized spacial score (nSPS) is 17.6. The van der Waals surface area contributed by atoms with Crippen LogP contribution in [0.4, 0.5) is 24.7 Å². The number of hydrogen-bond acceptors (Lipinski definition) is 5. The molecule has 8 nitrogen and oxygen atoms in total. The van der Waals surface area contributed by atoms with Gasteiger partial charge >= 0.3 is 6.18 Å². The van der Waals surface area contributed by atoms with Gasteiger partial charge in [0.25, 0.3) is 11.5 Å². The number of nitrogens with zero attached hydrogens (tertiary/aromatic N) is 4. The van der Waals surface area contributed by atoms with Gasteiger partial charge < -0.3 is 10.6 Å². The molecule has 1 aromatic carbocycles. The van der Waals surface area contributed by atoms with Crippen molar-refractivity contribution in [3.63, 3.8) is 0 Å². The van der Waals surface area contributed by atoms with Crippen LogP contribution in [0.15, 0.2) is 58.8 Å². The van der Waals surface area contributed by atoms with E-state index in [1.165, 1.54) is 16.0 Å². The van der Waals surface area contributed by atoms with Gasteiger partial charge in [0.2, 0.25) is 0 Å². The first-order chi connectivity index (χ1) is 16.7. The first-order valence-electron chi connectivity index (χ1n) is 10.8. The van der Waals surface area contributed by atoms with Crippen molar-refractivity contribution in [3.05, 3.63) is 80.5 Å². The third kappa shape index (κ3) is 3.93.